The molecule has 20 nitrogen and oxygen atoms in total. The van der Waals surface area contributed by atoms with Crippen LogP contribution in [0.2, 0.25) is 0 Å². The Morgan fingerprint density at radius 2 is 1.25 bits per heavy atom. The van der Waals surface area contributed by atoms with Crippen LogP contribution in [0.15, 0.2) is 78.3 Å². The molecule has 2 heterocycles. The number of unbranched alkanes of at least 4 members (excludes halogenated alkanes) is 1. The van der Waals surface area contributed by atoms with Gasteiger partial charge in [0, 0.05) is 61.7 Å². The molecule has 63 heavy (non-hydrogen) atoms. The number of nitrogens with two attached hydrogens (primary N) is 3. The average molecular weight is 870 g/mol. The molecule has 0 saturated heterocycles. The molecule has 14 N–H and O–H groups in total. The highest BCUT2D eigenvalue weighted by Gasteiger charge is 2.33. The van der Waals surface area contributed by atoms with Gasteiger partial charge in [0.1, 0.15) is 36.3 Å². The van der Waals surface area contributed by atoms with E-state index < -0.39 is 77.6 Å². The van der Waals surface area contributed by atoms with Gasteiger partial charge in [-0.15, -0.1) is 0 Å². The molecule has 4 rings (SSSR count). The van der Waals surface area contributed by atoms with Crippen molar-refractivity contribution in [3.05, 3.63) is 90.1 Å². The van der Waals surface area contributed by atoms with Gasteiger partial charge in [-0.2, -0.15) is 0 Å². The number of fused-ring (bicyclic) bond motifs is 1. The number of primary amides is 1. The van der Waals surface area contributed by atoms with Crippen molar-refractivity contribution in [1.29, 1.82) is 0 Å². The number of H-pyrrole nitrogens is 2. The lowest BCUT2D eigenvalue weighted by molar-refractivity contribution is -0.135. The second-order valence-corrected chi connectivity index (χ2v) is 15.3. The minimum Gasteiger partial charge on any atom is -0.370 e. The Bertz CT molecular complexity index is 2190. The van der Waals surface area contributed by atoms with Crippen LogP contribution in [-0.2, 0) is 52.8 Å². The molecule has 0 aliphatic heterocycles. The monoisotopic (exact) mass is 869 g/mol. The predicted octanol–water partition coefficient (Wildman–Crippen LogP) is -0.403. The maximum atomic E-state index is 14.3. The molecule has 0 saturated carbocycles. The van der Waals surface area contributed by atoms with E-state index in [0.717, 1.165) is 22.9 Å². The van der Waals surface area contributed by atoms with Crippen molar-refractivity contribution in [3.8, 4) is 0 Å². The van der Waals surface area contributed by atoms with Gasteiger partial charge in [-0.05, 0) is 43.4 Å². The fourth-order valence-corrected chi connectivity index (χ4v) is 6.82. The number of carbonyl (C=O) groups is 7. The van der Waals surface area contributed by atoms with Crippen molar-refractivity contribution in [2.24, 2.45) is 22.2 Å². The molecule has 338 valence electrons. The molecule has 20 heteroatoms. The number of carbonyl (C=O) groups excluding carboxylic acids is 7. The van der Waals surface area contributed by atoms with E-state index in [1.165, 1.54) is 26.4 Å². The standard InChI is InChI=1S/C43H59N13O7/c1-4-5-15-32(52-26(3)57)39(60)51-25(2)38(59)55-36(21-29-23-47-24-50-29)42(63)56-35(19-27-12-7-6-8-13-27)41(62)53-33(17-11-18-48-43(45)46)40(61)54-34(37(44)58)20-28-22-49-31-16-10-9-14-30(28)31/h6-10,12-14,16,22-25,32-36,49H,4-5,11,15,17-21H2,1-3H3,(H2,44,58)(H,47,50)(H,51,60)(H,52,57)(H,53,62)(H,54,61)(H,55,59)(H,56,63)(H4,45,46,48)/t25?,32-,33-,34?,35+,36-/m0/s1. The number of amides is 7. The van der Waals surface area contributed by atoms with Gasteiger partial charge >= 0.3 is 0 Å². The van der Waals surface area contributed by atoms with Crippen LogP contribution in [0.4, 0.5) is 0 Å². The number of para-hydroxylation sites is 1. The van der Waals surface area contributed by atoms with Gasteiger partial charge in [0.25, 0.3) is 0 Å². The highest BCUT2D eigenvalue weighted by atomic mass is 16.2. The maximum Gasteiger partial charge on any atom is 0.243 e. The number of rotatable bonds is 25. The van der Waals surface area contributed by atoms with Crippen molar-refractivity contribution in [2.45, 2.75) is 108 Å². The zero-order valence-electron chi connectivity index (χ0n) is 35.7. The zero-order valence-corrected chi connectivity index (χ0v) is 35.7. The lowest BCUT2D eigenvalue weighted by atomic mass is 10.0. The fraction of sp³-hybridized carbons (Fsp3) is 0.419. The number of hydrogen-bond acceptors (Lipinski definition) is 9. The molecule has 2 aromatic heterocycles. The minimum atomic E-state index is -1.29. The van der Waals surface area contributed by atoms with Crippen molar-refractivity contribution >= 4 is 58.2 Å². The summed E-state index contributed by atoms with van der Waals surface area (Å²) < 4.78 is 0. The molecule has 0 aliphatic rings. The van der Waals surface area contributed by atoms with Crippen LogP contribution in [0, 0.1) is 0 Å². The summed E-state index contributed by atoms with van der Waals surface area (Å²) in [5.41, 5.74) is 19.5. The summed E-state index contributed by atoms with van der Waals surface area (Å²) in [4.78, 5) is 108. The lowest BCUT2D eigenvalue weighted by Gasteiger charge is -2.27. The largest absolute Gasteiger partial charge is 0.370 e. The Morgan fingerprint density at radius 3 is 1.90 bits per heavy atom. The first-order valence-corrected chi connectivity index (χ1v) is 20.8. The zero-order chi connectivity index (χ0) is 45.9. The van der Waals surface area contributed by atoms with Gasteiger partial charge in [0.15, 0.2) is 5.96 Å². The second-order valence-electron chi connectivity index (χ2n) is 15.3. The van der Waals surface area contributed by atoms with Crippen LogP contribution in [0.1, 0.15) is 69.7 Å². The van der Waals surface area contributed by atoms with Gasteiger partial charge in [0.2, 0.25) is 41.4 Å². The average Bonchev–Trinajstić information content (AvgIpc) is 3.92. The van der Waals surface area contributed by atoms with E-state index in [2.05, 4.69) is 51.8 Å². The lowest BCUT2D eigenvalue weighted by Crippen LogP contribution is -2.60. The normalized spacial score (nSPS) is 13.8. The third-order valence-corrected chi connectivity index (χ3v) is 10.2. The van der Waals surface area contributed by atoms with Crippen LogP contribution in [0.3, 0.4) is 0 Å². The molecule has 2 unspecified atom stereocenters. The van der Waals surface area contributed by atoms with Crippen LogP contribution in [-0.4, -0.2) is 105 Å². The fourth-order valence-electron chi connectivity index (χ4n) is 6.82. The molecular formula is C43H59N13O7. The number of aromatic nitrogens is 3. The van der Waals surface area contributed by atoms with E-state index in [0.29, 0.717) is 24.1 Å². The molecule has 0 aliphatic carbocycles. The predicted molar refractivity (Wildman–Crippen MR) is 236 cm³/mol. The number of hydrogen-bond donors (Lipinski definition) is 11. The Labute approximate surface area is 365 Å². The minimum absolute atomic E-state index is 0.0231. The first-order chi connectivity index (χ1) is 30.1. The van der Waals surface area contributed by atoms with Crippen LogP contribution in [0.25, 0.3) is 10.9 Å². The summed E-state index contributed by atoms with van der Waals surface area (Å²) in [5, 5.41) is 17.0. The summed E-state index contributed by atoms with van der Waals surface area (Å²) in [6.07, 6.45) is 6.64. The van der Waals surface area contributed by atoms with E-state index in [-0.39, 0.29) is 44.6 Å². The van der Waals surface area contributed by atoms with E-state index in [4.69, 9.17) is 17.2 Å². The number of aromatic amines is 2. The SMILES string of the molecule is CCCC[C@H](NC(C)=O)C(=O)NC(C)C(=O)N[C@@H](Cc1cnc[nH]1)C(=O)N[C@H](Cc1ccccc1)C(=O)N[C@@H](CCCN=C(N)N)C(=O)NC(Cc1c[nH]c2ccccc12)C(N)=O. The Kier molecular flexibility index (Phi) is 18.6. The topological polar surface area (TPSA) is 327 Å². The van der Waals surface area contributed by atoms with Crippen molar-refractivity contribution in [2.75, 3.05) is 6.54 Å². The van der Waals surface area contributed by atoms with Crippen molar-refractivity contribution in [3.63, 3.8) is 0 Å². The van der Waals surface area contributed by atoms with Gasteiger partial charge in [-0.1, -0.05) is 68.3 Å². The number of nitrogens with one attached hydrogen (secondary N) is 8. The Hall–Kier alpha value is -7.25. The molecule has 0 spiro atoms. The van der Waals surface area contributed by atoms with Gasteiger partial charge in [0.05, 0.1) is 6.33 Å². The van der Waals surface area contributed by atoms with Gasteiger partial charge < -0.3 is 59.1 Å². The van der Waals surface area contributed by atoms with E-state index >= 15 is 0 Å². The molecular weight excluding hydrogens is 811 g/mol. The quantitative estimate of drug-likeness (QED) is 0.0233. The summed E-state index contributed by atoms with van der Waals surface area (Å²) in [5.74, 6) is -4.84. The van der Waals surface area contributed by atoms with E-state index in [9.17, 15) is 33.6 Å². The number of guanidine groups is 1. The molecule has 0 radical (unpaired) electrons. The number of nitrogens with zero attached hydrogens (tertiary/aromatic N) is 2. The van der Waals surface area contributed by atoms with Crippen LogP contribution in [0.5, 0.6) is 0 Å². The molecule has 0 fully saturated rings. The van der Waals surface area contributed by atoms with Gasteiger partial charge in [-0.25, -0.2) is 4.98 Å². The van der Waals surface area contributed by atoms with Crippen LogP contribution >= 0.6 is 0 Å². The summed E-state index contributed by atoms with van der Waals surface area (Å²) >= 11 is 0. The summed E-state index contributed by atoms with van der Waals surface area (Å²) in [7, 11) is 0. The highest BCUT2D eigenvalue weighted by molar-refractivity contribution is 5.97. The van der Waals surface area contributed by atoms with Crippen molar-refractivity contribution in [1.82, 2.24) is 46.9 Å². The van der Waals surface area contributed by atoms with Crippen LogP contribution < -0.4 is 49.1 Å². The van der Waals surface area contributed by atoms with E-state index in [1.807, 2.05) is 31.2 Å². The molecule has 0 bridgehead atoms. The molecule has 7 amide bonds. The Morgan fingerprint density at radius 1 is 0.667 bits per heavy atom. The third-order valence-electron chi connectivity index (χ3n) is 10.2. The third kappa shape index (κ3) is 15.6. The van der Waals surface area contributed by atoms with E-state index in [1.54, 1.807) is 36.5 Å². The summed E-state index contributed by atoms with van der Waals surface area (Å²) in [6, 6.07) is 9.33. The number of imidazole rings is 1. The van der Waals surface area contributed by atoms with Gasteiger partial charge in [-0.3, -0.25) is 38.6 Å². The highest BCUT2D eigenvalue weighted by Crippen LogP contribution is 2.19. The smallest absolute Gasteiger partial charge is 0.243 e. The first-order valence-electron chi connectivity index (χ1n) is 20.8. The second kappa shape index (κ2) is 24.3. The first kappa shape index (κ1) is 48.4. The maximum absolute atomic E-state index is 14.3. The Balaban J connectivity index is 1.56. The molecule has 2 aromatic carbocycles. The molecule has 4 aromatic rings. The molecule has 6 atom stereocenters. The number of benzene rings is 2. The van der Waals surface area contributed by atoms with Crippen molar-refractivity contribution < 1.29 is 33.6 Å². The summed E-state index contributed by atoms with van der Waals surface area (Å²) in [6.45, 7) is 4.81. The number of aliphatic imine (C=N–C) groups is 1.